The smallest absolute Gasteiger partial charge is 0.239 e. The molecule has 0 atom stereocenters. The number of methoxy groups -OCH3 is 1. The molecular formula is C16H24N2O3. The molecule has 116 valence electrons. The van der Waals surface area contributed by atoms with Crippen molar-refractivity contribution in [3.8, 4) is 5.75 Å². The maximum absolute atomic E-state index is 11.9. The van der Waals surface area contributed by atoms with E-state index in [0.29, 0.717) is 13.1 Å². The van der Waals surface area contributed by atoms with Gasteiger partial charge in [0.15, 0.2) is 0 Å². The van der Waals surface area contributed by atoms with Crippen LogP contribution in [0.15, 0.2) is 24.3 Å². The molecule has 21 heavy (non-hydrogen) atoms. The summed E-state index contributed by atoms with van der Waals surface area (Å²) in [4.78, 5) is 25.0. The molecule has 0 bridgehead atoms. The van der Waals surface area contributed by atoms with E-state index in [-0.39, 0.29) is 18.4 Å². The average Bonchev–Trinajstić information content (AvgIpc) is 2.49. The molecule has 2 amide bonds. The third-order valence-electron chi connectivity index (χ3n) is 3.23. The van der Waals surface area contributed by atoms with E-state index in [4.69, 9.17) is 4.74 Å². The molecular weight excluding hydrogens is 268 g/mol. The number of hydrogen-bond donors (Lipinski definition) is 1. The largest absolute Gasteiger partial charge is 0.496 e. The van der Waals surface area contributed by atoms with E-state index in [9.17, 15) is 9.59 Å². The Bertz CT molecular complexity index is 474. The quantitative estimate of drug-likeness (QED) is 0.797. The van der Waals surface area contributed by atoms with Crippen molar-refractivity contribution < 1.29 is 14.3 Å². The van der Waals surface area contributed by atoms with Gasteiger partial charge in [0.1, 0.15) is 5.75 Å². The zero-order valence-corrected chi connectivity index (χ0v) is 13.0. The zero-order chi connectivity index (χ0) is 15.7. The lowest BCUT2D eigenvalue weighted by atomic mass is 10.2. The molecule has 1 rings (SSSR count). The second-order valence-electron chi connectivity index (χ2n) is 4.88. The zero-order valence-electron chi connectivity index (χ0n) is 13.0. The van der Waals surface area contributed by atoms with Crippen molar-refractivity contribution in [2.24, 2.45) is 0 Å². The number of unbranched alkanes of at least 4 members (excludes halogenated alkanes) is 1. The second kappa shape index (κ2) is 9.00. The van der Waals surface area contributed by atoms with Crippen molar-refractivity contribution in [3.63, 3.8) is 0 Å². The van der Waals surface area contributed by atoms with E-state index in [2.05, 4.69) is 12.2 Å². The average molecular weight is 292 g/mol. The number of ether oxygens (including phenoxy) is 1. The molecule has 0 radical (unpaired) electrons. The Balaban J connectivity index is 2.50. The molecule has 0 unspecified atom stereocenters. The van der Waals surface area contributed by atoms with Gasteiger partial charge in [-0.3, -0.25) is 9.59 Å². The van der Waals surface area contributed by atoms with Crippen LogP contribution in [0.1, 0.15) is 32.3 Å². The van der Waals surface area contributed by atoms with Crippen molar-refractivity contribution in [2.45, 2.75) is 33.2 Å². The van der Waals surface area contributed by atoms with Crippen molar-refractivity contribution in [2.75, 3.05) is 20.2 Å². The van der Waals surface area contributed by atoms with Gasteiger partial charge in [-0.1, -0.05) is 31.5 Å². The molecule has 0 fully saturated rings. The predicted molar refractivity (Wildman–Crippen MR) is 82.0 cm³/mol. The Hall–Kier alpha value is -2.04. The molecule has 1 N–H and O–H groups in total. The van der Waals surface area contributed by atoms with Gasteiger partial charge in [0.25, 0.3) is 0 Å². The third kappa shape index (κ3) is 5.85. The lowest BCUT2D eigenvalue weighted by Crippen LogP contribution is -2.40. The number of benzene rings is 1. The Morgan fingerprint density at radius 2 is 2.00 bits per heavy atom. The number of carbonyl (C=O) groups is 2. The minimum atomic E-state index is -0.160. The summed E-state index contributed by atoms with van der Waals surface area (Å²) in [5, 5.41) is 2.82. The molecule has 0 aliphatic carbocycles. The van der Waals surface area contributed by atoms with Gasteiger partial charge in [-0.05, 0) is 12.5 Å². The van der Waals surface area contributed by atoms with Gasteiger partial charge in [0.2, 0.25) is 11.8 Å². The summed E-state index contributed by atoms with van der Waals surface area (Å²) in [6.45, 7) is 4.66. The summed E-state index contributed by atoms with van der Waals surface area (Å²) in [5.74, 6) is 0.510. The van der Waals surface area contributed by atoms with Crippen LogP contribution in [0.5, 0.6) is 5.75 Å². The van der Waals surface area contributed by atoms with Crippen molar-refractivity contribution in [1.82, 2.24) is 10.2 Å². The van der Waals surface area contributed by atoms with Crippen LogP contribution in [-0.4, -0.2) is 36.9 Å². The summed E-state index contributed by atoms with van der Waals surface area (Å²) in [6.07, 6.45) is 1.89. The standard InChI is InChI=1S/C16H24N2O3/c1-4-5-10-18(13(2)19)12-16(20)17-11-14-8-6-7-9-15(14)21-3/h6-9H,4-5,10-12H2,1-3H3,(H,17,20). The Morgan fingerprint density at radius 3 is 2.62 bits per heavy atom. The first-order valence-electron chi connectivity index (χ1n) is 7.22. The first-order valence-corrected chi connectivity index (χ1v) is 7.22. The topological polar surface area (TPSA) is 58.6 Å². The van der Waals surface area contributed by atoms with E-state index in [1.165, 1.54) is 6.92 Å². The fourth-order valence-corrected chi connectivity index (χ4v) is 1.97. The molecule has 0 aliphatic heterocycles. The lowest BCUT2D eigenvalue weighted by molar-refractivity contribution is -0.134. The van der Waals surface area contributed by atoms with Gasteiger partial charge in [-0.25, -0.2) is 0 Å². The van der Waals surface area contributed by atoms with Gasteiger partial charge in [-0.15, -0.1) is 0 Å². The van der Waals surface area contributed by atoms with Crippen LogP contribution in [0.25, 0.3) is 0 Å². The maximum atomic E-state index is 11.9. The van der Waals surface area contributed by atoms with Crippen molar-refractivity contribution >= 4 is 11.8 Å². The van der Waals surface area contributed by atoms with Crippen LogP contribution < -0.4 is 10.1 Å². The highest BCUT2D eigenvalue weighted by Crippen LogP contribution is 2.16. The number of para-hydroxylation sites is 1. The number of carbonyl (C=O) groups excluding carboxylic acids is 2. The monoisotopic (exact) mass is 292 g/mol. The van der Waals surface area contributed by atoms with Crippen molar-refractivity contribution in [1.29, 1.82) is 0 Å². The number of hydrogen-bond acceptors (Lipinski definition) is 3. The molecule has 0 aliphatic rings. The number of rotatable bonds is 8. The Labute approximate surface area is 126 Å². The molecule has 1 aromatic carbocycles. The predicted octanol–water partition coefficient (Wildman–Crippen LogP) is 1.96. The summed E-state index contributed by atoms with van der Waals surface area (Å²) in [6, 6.07) is 7.53. The van der Waals surface area contributed by atoms with E-state index in [1.54, 1.807) is 12.0 Å². The third-order valence-corrected chi connectivity index (χ3v) is 3.23. The van der Waals surface area contributed by atoms with E-state index in [0.717, 1.165) is 24.2 Å². The summed E-state index contributed by atoms with van der Waals surface area (Å²) < 4.78 is 5.23. The fraction of sp³-hybridized carbons (Fsp3) is 0.500. The van der Waals surface area contributed by atoms with Crippen molar-refractivity contribution in [3.05, 3.63) is 29.8 Å². The summed E-state index contributed by atoms with van der Waals surface area (Å²) in [5.41, 5.74) is 0.913. The van der Waals surface area contributed by atoms with Gasteiger partial charge >= 0.3 is 0 Å². The van der Waals surface area contributed by atoms with Crippen LogP contribution in [0, 0.1) is 0 Å². The van der Waals surface area contributed by atoms with Gasteiger partial charge in [0, 0.05) is 25.6 Å². The van der Waals surface area contributed by atoms with Gasteiger partial charge in [0.05, 0.1) is 13.7 Å². The van der Waals surface area contributed by atoms with Crippen LogP contribution >= 0.6 is 0 Å². The van der Waals surface area contributed by atoms with E-state index >= 15 is 0 Å². The highest BCUT2D eigenvalue weighted by Gasteiger charge is 2.13. The van der Waals surface area contributed by atoms with Crippen LogP contribution in [0.4, 0.5) is 0 Å². The minimum Gasteiger partial charge on any atom is -0.496 e. The molecule has 0 saturated carbocycles. The molecule has 0 aromatic heterocycles. The number of nitrogens with one attached hydrogen (secondary N) is 1. The highest BCUT2D eigenvalue weighted by atomic mass is 16.5. The van der Waals surface area contributed by atoms with Crippen LogP contribution in [0.2, 0.25) is 0 Å². The van der Waals surface area contributed by atoms with E-state index in [1.807, 2.05) is 24.3 Å². The maximum Gasteiger partial charge on any atom is 0.239 e. The summed E-state index contributed by atoms with van der Waals surface area (Å²) >= 11 is 0. The molecule has 5 nitrogen and oxygen atoms in total. The minimum absolute atomic E-state index is 0.0732. The normalized spacial score (nSPS) is 10.0. The van der Waals surface area contributed by atoms with Gasteiger partial charge < -0.3 is 15.0 Å². The lowest BCUT2D eigenvalue weighted by Gasteiger charge is -2.20. The van der Waals surface area contributed by atoms with E-state index < -0.39 is 0 Å². The number of amides is 2. The number of nitrogens with zero attached hydrogens (tertiary/aromatic N) is 1. The first-order chi connectivity index (χ1) is 10.1. The molecule has 5 heteroatoms. The highest BCUT2D eigenvalue weighted by molar-refractivity contribution is 5.83. The molecule has 0 spiro atoms. The SMILES string of the molecule is CCCCN(CC(=O)NCc1ccccc1OC)C(C)=O. The first kappa shape index (κ1) is 17.0. The Kier molecular flexibility index (Phi) is 7.29. The van der Waals surface area contributed by atoms with Gasteiger partial charge in [-0.2, -0.15) is 0 Å². The molecule has 1 aromatic rings. The molecule has 0 saturated heterocycles. The summed E-state index contributed by atoms with van der Waals surface area (Å²) in [7, 11) is 1.60. The second-order valence-corrected chi connectivity index (χ2v) is 4.88. The van der Waals surface area contributed by atoms with Crippen LogP contribution in [0.3, 0.4) is 0 Å². The Morgan fingerprint density at radius 1 is 1.29 bits per heavy atom. The van der Waals surface area contributed by atoms with Crippen LogP contribution in [-0.2, 0) is 16.1 Å². The fourth-order valence-electron chi connectivity index (χ4n) is 1.97. The molecule has 0 heterocycles.